The Morgan fingerprint density at radius 1 is 1.24 bits per heavy atom. The number of thioether (sulfide) groups is 1. The van der Waals surface area contributed by atoms with E-state index in [2.05, 4.69) is 21.3 Å². The van der Waals surface area contributed by atoms with Gasteiger partial charge in [-0.05, 0) is 36.6 Å². The van der Waals surface area contributed by atoms with Crippen LogP contribution in [0.25, 0.3) is 11.3 Å². The maximum absolute atomic E-state index is 12.7. The number of nitrogens with zero attached hydrogens (tertiary/aromatic N) is 5. The predicted molar refractivity (Wildman–Crippen MR) is 110 cm³/mol. The molecule has 1 aromatic heterocycles. The molecule has 2 aromatic carbocycles. The minimum atomic E-state index is -0.798. The monoisotopic (exact) mass is 423 g/mol. The zero-order valence-corrected chi connectivity index (χ0v) is 17.0. The average Bonchev–Trinajstić information content (AvgIpc) is 2.87. The van der Waals surface area contributed by atoms with E-state index in [0.29, 0.717) is 38.3 Å². The van der Waals surface area contributed by atoms with Crippen molar-refractivity contribution >= 4 is 35.0 Å². The van der Waals surface area contributed by atoms with Gasteiger partial charge in [0.1, 0.15) is 0 Å². The largest absolute Gasteiger partial charge is 0.447 e. The van der Waals surface area contributed by atoms with E-state index in [9.17, 15) is 4.79 Å². The molecular weight excluding hydrogens is 410 g/mol. The molecule has 144 valence electrons. The lowest BCUT2D eigenvalue weighted by Gasteiger charge is -2.30. The van der Waals surface area contributed by atoms with Crippen LogP contribution in [0, 0.1) is 11.3 Å². The van der Waals surface area contributed by atoms with E-state index in [-0.39, 0.29) is 11.8 Å². The number of aromatic nitrogens is 3. The first-order chi connectivity index (χ1) is 14.0. The van der Waals surface area contributed by atoms with Gasteiger partial charge in [0.15, 0.2) is 5.69 Å². The molecule has 1 atom stereocenters. The molecule has 0 aliphatic carbocycles. The molecule has 7 nitrogen and oxygen atoms in total. The SMILES string of the molecule is CSc1nnc2c(n1)O[C@@H](c1ccc(C#N)cc1)N(C(C)=O)c1ccc(Cl)cc1-2. The number of fused-ring (bicyclic) bond motifs is 3. The molecule has 0 spiro atoms. The van der Waals surface area contributed by atoms with Gasteiger partial charge in [-0.15, -0.1) is 10.2 Å². The second-order valence-electron chi connectivity index (χ2n) is 6.21. The van der Waals surface area contributed by atoms with Crippen LogP contribution in [-0.2, 0) is 4.79 Å². The first kappa shape index (κ1) is 19.2. The van der Waals surface area contributed by atoms with Crippen LogP contribution < -0.4 is 9.64 Å². The normalized spacial score (nSPS) is 14.8. The zero-order valence-electron chi connectivity index (χ0n) is 15.5. The third kappa shape index (κ3) is 3.50. The Bertz CT molecular complexity index is 1150. The standard InChI is InChI=1S/C20H14ClN5O2S/c1-11(27)26-16-8-7-14(21)9-15(16)17-18(23-20(29-2)25-24-17)28-19(26)13-5-3-12(10-22)4-6-13/h3-9,19H,1-2H3/t19-/m0/s1. The summed E-state index contributed by atoms with van der Waals surface area (Å²) in [5.41, 5.74) is 2.80. The summed E-state index contributed by atoms with van der Waals surface area (Å²) in [5, 5.41) is 18.4. The van der Waals surface area contributed by atoms with E-state index < -0.39 is 6.23 Å². The van der Waals surface area contributed by atoms with E-state index in [1.165, 1.54) is 23.6 Å². The van der Waals surface area contributed by atoms with Gasteiger partial charge in [0.2, 0.25) is 23.2 Å². The molecule has 0 saturated carbocycles. The molecule has 1 aliphatic rings. The van der Waals surface area contributed by atoms with Crippen LogP contribution in [0.1, 0.15) is 24.3 Å². The number of anilines is 1. The van der Waals surface area contributed by atoms with Gasteiger partial charge in [0.25, 0.3) is 0 Å². The van der Waals surface area contributed by atoms with Crippen molar-refractivity contribution in [3.05, 3.63) is 58.6 Å². The molecule has 3 aromatic rings. The number of benzene rings is 2. The quantitative estimate of drug-likeness (QED) is 0.569. The summed E-state index contributed by atoms with van der Waals surface area (Å²) in [5.74, 6) is 0.0276. The molecule has 0 radical (unpaired) electrons. The highest BCUT2D eigenvalue weighted by Crippen LogP contribution is 2.44. The molecule has 1 amide bonds. The summed E-state index contributed by atoms with van der Waals surface area (Å²) in [6.07, 6.45) is 1.04. The Labute approximate surface area is 176 Å². The summed E-state index contributed by atoms with van der Waals surface area (Å²) in [7, 11) is 0. The van der Waals surface area contributed by atoms with E-state index in [0.717, 1.165) is 0 Å². The third-order valence-electron chi connectivity index (χ3n) is 4.41. The third-order valence-corrected chi connectivity index (χ3v) is 5.19. The van der Waals surface area contributed by atoms with Crippen LogP contribution in [0.3, 0.4) is 0 Å². The van der Waals surface area contributed by atoms with Gasteiger partial charge in [-0.2, -0.15) is 10.2 Å². The van der Waals surface area contributed by atoms with Crippen LogP contribution in [0.15, 0.2) is 47.6 Å². The van der Waals surface area contributed by atoms with Crippen LogP contribution >= 0.6 is 23.4 Å². The van der Waals surface area contributed by atoms with Crippen molar-refractivity contribution in [3.8, 4) is 23.2 Å². The van der Waals surface area contributed by atoms with E-state index in [4.69, 9.17) is 21.6 Å². The van der Waals surface area contributed by atoms with E-state index >= 15 is 0 Å². The van der Waals surface area contributed by atoms with Crippen LogP contribution in [0.5, 0.6) is 5.88 Å². The van der Waals surface area contributed by atoms with Gasteiger partial charge in [0, 0.05) is 23.1 Å². The fourth-order valence-electron chi connectivity index (χ4n) is 3.10. The summed E-state index contributed by atoms with van der Waals surface area (Å²) < 4.78 is 6.21. The van der Waals surface area contributed by atoms with Crippen molar-refractivity contribution in [2.45, 2.75) is 18.3 Å². The number of carbonyl (C=O) groups excluding carboxylic acids is 1. The minimum Gasteiger partial charge on any atom is -0.447 e. The molecule has 0 fully saturated rings. The van der Waals surface area contributed by atoms with Gasteiger partial charge in [0.05, 0.1) is 17.3 Å². The average molecular weight is 424 g/mol. The molecule has 0 N–H and O–H groups in total. The van der Waals surface area contributed by atoms with Crippen LogP contribution in [0.2, 0.25) is 5.02 Å². The second kappa shape index (κ2) is 7.70. The number of hydrogen-bond donors (Lipinski definition) is 0. The maximum Gasteiger partial charge on any atom is 0.247 e. The lowest BCUT2D eigenvalue weighted by atomic mass is 10.1. The highest BCUT2D eigenvalue weighted by atomic mass is 35.5. The molecule has 29 heavy (non-hydrogen) atoms. The van der Waals surface area contributed by atoms with Gasteiger partial charge in [-0.1, -0.05) is 35.5 Å². The molecule has 0 unspecified atom stereocenters. The highest BCUT2D eigenvalue weighted by Gasteiger charge is 2.34. The molecule has 0 bridgehead atoms. The first-order valence-corrected chi connectivity index (χ1v) is 10.2. The topological polar surface area (TPSA) is 92.0 Å². The second-order valence-corrected chi connectivity index (χ2v) is 7.42. The van der Waals surface area contributed by atoms with Gasteiger partial charge in [-0.3, -0.25) is 9.69 Å². The summed E-state index contributed by atoms with van der Waals surface area (Å²) in [6.45, 7) is 1.46. The molecule has 4 rings (SSSR count). The first-order valence-electron chi connectivity index (χ1n) is 8.57. The van der Waals surface area contributed by atoms with Crippen molar-refractivity contribution in [2.75, 3.05) is 11.2 Å². The zero-order chi connectivity index (χ0) is 20.5. The Morgan fingerprint density at radius 3 is 2.66 bits per heavy atom. The number of amides is 1. The molecular formula is C20H14ClN5O2S. The van der Waals surface area contributed by atoms with Gasteiger partial charge >= 0.3 is 0 Å². The fraction of sp³-hybridized carbons (Fsp3) is 0.150. The van der Waals surface area contributed by atoms with Gasteiger partial charge < -0.3 is 4.74 Å². The van der Waals surface area contributed by atoms with Crippen LogP contribution in [-0.4, -0.2) is 27.3 Å². The van der Waals surface area contributed by atoms with Crippen molar-refractivity contribution in [1.29, 1.82) is 5.26 Å². The van der Waals surface area contributed by atoms with Crippen molar-refractivity contribution < 1.29 is 9.53 Å². The Hall–Kier alpha value is -3.15. The van der Waals surface area contributed by atoms with Crippen LogP contribution in [0.4, 0.5) is 5.69 Å². The van der Waals surface area contributed by atoms with E-state index in [1.807, 2.05) is 6.26 Å². The number of rotatable bonds is 2. The molecule has 0 saturated heterocycles. The maximum atomic E-state index is 12.7. The summed E-state index contributed by atoms with van der Waals surface area (Å²) >= 11 is 7.56. The lowest BCUT2D eigenvalue weighted by molar-refractivity contribution is -0.118. The Kier molecular flexibility index (Phi) is 5.09. The van der Waals surface area contributed by atoms with Crippen molar-refractivity contribution in [1.82, 2.24) is 15.2 Å². The minimum absolute atomic E-state index is 0.228. The van der Waals surface area contributed by atoms with Gasteiger partial charge in [-0.25, -0.2) is 0 Å². The predicted octanol–water partition coefficient (Wildman–Crippen LogP) is 4.23. The number of hydrogen-bond acceptors (Lipinski definition) is 7. The number of nitriles is 1. The fourth-order valence-corrected chi connectivity index (χ4v) is 3.57. The summed E-state index contributed by atoms with van der Waals surface area (Å²) in [4.78, 5) is 18.7. The Morgan fingerprint density at radius 2 is 2.00 bits per heavy atom. The highest BCUT2D eigenvalue weighted by molar-refractivity contribution is 7.98. The van der Waals surface area contributed by atoms with Crippen molar-refractivity contribution in [2.24, 2.45) is 0 Å². The Balaban J connectivity index is 1.97. The number of halogens is 1. The number of ether oxygens (including phenoxy) is 1. The molecule has 1 aliphatic heterocycles. The lowest BCUT2D eigenvalue weighted by Crippen LogP contribution is -2.36. The smallest absolute Gasteiger partial charge is 0.247 e. The molecule has 2 heterocycles. The van der Waals surface area contributed by atoms with Crippen molar-refractivity contribution in [3.63, 3.8) is 0 Å². The number of carbonyl (C=O) groups is 1. The summed E-state index contributed by atoms with van der Waals surface area (Å²) in [6, 6.07) is 14.1. The molecule has 9 heteroatoms. The van der Waals surface area contributed by atoms with E-state index in [1.54, 1.807) is 42.5 Å².